The number of aliphatic hydroxyl groups excluding tert-OH is 1. The van der Waals surface area contributed by atoms with Crippen LogP contribution in [0.25, 0.3) is 5.76 Å². The third kappa shape index (κ3) is 3.48. The number of fused-ring (bicyclic) bond motifs is 1. The van der Waals surface area contributed by atoms with Crippen LogP contribution in [-0.2, 0) is 14.8 Å². The molecule has 1 aliphatic heterocycles. The SMILES string of the molecule is O=C(N/N=C/c1ccccc1[N+](=O)[O-])C1=C(O)c2ccccc2S(=O)(=O)N1. The zero-order valence-electron chi connectivity index (χ0n) is 13.5. The zero-order chi connectivity index (χ0) is 19.6. The molecule has 27 heavy (non-hydrogen) atoms. The minimum Gasteiger partial charge on any atom is -0.505 e. The molecule has 10 nitrogen and oxygen atoms in total. The lowest BCUT2D eigenvalue weighted by Crippen LogP contribution is -2.37. The number of carbonyl (C=O) groups excluding carboxylic acids is 1. The molecule has 0 aromatic heterocycles. The fourth-order valence-corrected chi connectivity index (χ4v) is 3.68. The van der Waals surface area contributed by atoms with E-state index in [0.717, 1.165) is 6.21 Å². The first-order valence-electron chi connectivity index (χ1n) is 7.43. The van der Waals surface area contributed by atoms with Gasteiger partial charge in [-0.1, -0.05) is 24.3 Å². The summed E-state index contributed by atoms with van der Waals surface area (Å²) in [5.74, 6) is -1.58. The first kappa shape index (κ1) is 18.1. The number of nitrogens with zero attached hydrogens (tertiary/aromatic N) is 2. The minimum absolute atomic E-state index is 0.0240. The van der Waals surface area contributed by atoms with Crippen molar-refractivity contribution in [2.24, 2.45) is 5.10 Å². The number of aliphatic hydroxyl groups is 1. The Bertz CT molecular complexity index is 1110. The maximum atomic E-state index is 12.2. The van der Waals surface area contributed by atoms with Gasteiger partial charge in [-0.3, -0.25) is 19.6 Å². The molecular formula is C16H12N4O6S. The summed E-state index contributed by atoms with van der Waals surface area (Å²) in [7, 11) is -4.03. The third-order valence-electron chi connectivity index (χ3n) is 3.64. The van der Waals surface area contributed by atoms with Crippen LogP contribution in [-0.4, -0.2) is 30.6 Å². The van der Waals surface area contributed by atoms with Crippen LogP contribution in [0.4, 0.5) is 5.69 Å². The van der Waals surface area contributed by atoms with E-state index >= 15 is 0 Å². The second-order valence-corrected chi connectivity index (χ2v) is 6.99. The number of nitrogens with one attached hydrogen (secondary N) is 2. The lowest BCUT2D eigenvalue weighted by Gasteiger charge is -2.20. The van der Waals surface area contributed by atoms with E-state index in [1.807, 2.05) is 10.1 Å². The van der Waals surface area contributed by atoms with E-state index in [1.165, 1.54) is 42.5 Å². The molecule has 3 N–H and O–H groups in total. The second-order valence-electron chi connectivity index (χ2n) is 5.34. The Hall–Kier alpha value is -3.73. The van der Waals surface area contributed by atoms with Crippen LogP contribution in [0.1, 0.15) is 11.1 Å². The number of hydrogen-bond acceptors (Lipinski definition) is 7. The van der Waals surface area contributed by atoms with Gasteiger partial charge in [0.25, 0.3) is 21.6 Å². The Morgan fingerprint density at radius 1 is 1.19 bits per heavy atom. The van der Waals surface area contributed by atoms with E-state index in [4.69, 9.17) is 0 Å². The van der Waals surface area contributed by atoms with Crippen LogP contribution in [0.5, 0.6) is 0 Å². The van der Waals surface area contributed by atoms with Gasteiger partial charge < -0.3 is 5.11 Å². The summed E-state index contributed by atoms with van der Waals surface area (Å²) in [5, 5.41) is 24.7. The molecule has 138 valence electrons. The van der Waals surface area contributed by atoms with Gasteiger partial charge in [0.2, 0.25) is 0 Å². The van der Waals surface area contributed by atoms with E-state index in [2.05, 4.69) is 5.10 Å². The highest BCUT2D eigenvalue weighted by molar-refractivity contribution is 7.89. The van der Waals surface area contributed by atoms with E-state index < -0.39 is 32.3 Å². The van der Waals surface area contributed by atoms with Crippen molar-refractivity contribution in [3.63, 3.8) is 0 Å². The number of hydrazone groups is 1. The number of rotatable bonds is 4. The normalized spacial score (nSPS) is 15.1. The Balaban J connectivity index is 1.86. The van der Waals surface area contributed by atoms with Crippen LogP contribution in [0.15, 0.2) is 64.2 Å². The third-order valence-corrected chi connectivity index (χ3v) is 5.04. The topological polar surface area (TPSA) is 151 Å². The molecule has 0 radical (unpaired) electrons. The summed E-state index contributed by atoms with van der Waals surface area (Å²) in [6.45, 7) is 0. The van der Waals surface area contributed by atoms with Crippen LogP contribution >= 0.6 is 0 Å². The summed E-state index contributed by atoms with van der Waals surface area (Å²) < 4.78 is 26.4. The first-order chi connectivity index (χ1) is 12.8. The van der Waals surface area contributed by atoms with Crippen molar-refractivity contribution in [3.05, 3.63) is 75.5 Å². The first-order valence-corrected chi connectivity index (χ1v) is 8.92. The van der Waals surface area contributed by atoms with Crippen LogP contribution in [0, 0.1) is 10.1 Å². The van der Waals surface area contributed by atoms with Crippen molar-refractivity contribution in [2.45, 2.75) is 4.90 Å². The molecule has 0 atom stereocenters. The van der Waals surface area contributed by atoms with Gasteiger partial charge in [-0.25, -0.2) is 13.8 Å². The summed E-state index contributed by atoms with van der Waals surface area (Å²) in [6.07, 6.45) is 1.04. The van der Waals surface area contributed by atoms with Gasteiger partial charge in [-0.05, 0) is 18.2 Å². The highest BCUT2D eigenvalue weighted by Gasteiger charge is 2.32. The van der Waals surface area contributed by atoms with Crippen molar-refractivity contribution >= 4 is 33.6 Å². The van der Waals surface area contributed by atoms with Crippen molar-refractivity contribution in [1.82, 2.24) is 10.1 Å². The van der Waals surface area contributed by atoms with Gasteiger partial charge in [0, 0.05) is 11.6 Å². The Labute approximate surface area is 153 Å². The Kier molecular flexibility index (Phi) is 4.60. The largest absolute Gasteiger partial charge is 0.505 e. The number of hydrogen-bond donors (Lipinski definition) is 3. The van der Waals surface area contributed by atoms with Crippen LogP contribution < -0.4 is 10.1 Å². The van der Waals surface area contributed by atoms with E-state index in [9.17, 15) is 28.4 Å². The number of sulfonamides is 1. The quantitative estimate of drug-likeness (QED) is 0.407. The Morgan fingerprint density at radius 2 is 1.85 bits per heavy atom. The number of carbonyl (C=O) groups is 1. The van der Waals surface area contributed by atoms with Crippen LogP contribution in [0.3, 0.4) is 0 Å². The number of amides is 1. The lowest BCUT2D eigenvalue weighted by atomic mass is 10.1. The number of nitro benzene ring substituents is 1. The molecule has 0 unspecified atom stereocenters. The molecule has 1 heterocycles. The average Bonchev–Trinajstić information content (AvgIpc) is 2.65. The summed E-state index contributed by atoms with van der Waals surface area (Å²) in [6, 6.07) is 11.4. The van der Waals surface area contributed by atoms with Gasteiger partial charge in [-0.2, -0.15) is 5.10 Å². The van der Waals surface area contributed by atoms with Gasteiger partial charge in [0.1, 0.15) is 0 Å². The summed E-state index contributed by atoms with van der Waals surface area (Å²) in [4.78, 5) is 22.4. The maximum absolute atomic E-state index is 12.2. The summed E-state index contributed by atoms with van der Waals surface area (Å²) >= 11 is 0. The molecule has 3 rings (SSSR count). The predicted molar refractivity (Wildman–Crippen MR) is 95.1 cm³/mol. The molecule has 0 aliphatic carbocycles. The molecule has 2 aromatic carbocycles. The molecule has 0 saturated carbocycles. The van der Waals surface area contributed by atoms with Gasteiger partial charge in [0.05, 0.1) is 21.6 Å². The zero-order valence-corrected chi connectivity index (χ0v) is 14.3. The highest BCUT2D eigenvalue weighted by Crippen LogP contribution is 2.28. The maximum Gasteiger partial charge on any atom is 0.292 e. The lowest BCUT2D eigenvalue weighted by molar-refractivity contribution is -0.385. The summed E-state index contributed by atoms with van der Waals surface area (Å²) in [5.41, 5.74) is 1.32. The van der Waals surface area contributed by atoms with Crippen molar-refractivity contribution in [3.8, 4) is 0 Å². The fraction of sp³-hybridized carbons (Fsp3) is 0. The predicted octanol–water partition coefficient (Wildman–Crippen LogP) is 1.26. The molecular weight excluding hydrogens is 376 g/mol. The average molecular weight is 388 g/mol. The molecule has 0 saturated heterocycles. The minimum atomic E-state index is -4.03. The van der Waals surface area contributed by atoms with Gasteiger partial charge in [0.15, 0.2) is 11.5 Å². The molecule has 1 amide bonds. The molecule has 2 aromatic rings. The van der Waals surface area contributed by atoms with E-state index in [0.29, 0.717) is 0 Å². The molecule has 11 heteroatoms. The monoisotopic (exact) mass is 388 g/mol. The highest BCUT2D eigenvalue weighted by atomic mass is 32.2. The standard InChI is InChI=1S/C16H12N4O6S/c21-15-11-6-2-4-8-13(11)27(25,26)19-14(15)16(22)18-17-9-10-5-1-3-7-12(10)20(23)24/h1-9,19,21H,(H,18,22)/b17-9+. The molecule has 0 bridgehead atoms. The van der Waals surface area contributed by atoms with E-state index in [1.54, 1.807) is 6.07 Å². The number of para-hydroxylation sites is 1. The molecule has 1 aliphatic rings. The molecule has 0 spiro atoms. The van der Waals surface area contributed by atoms with Gasteiger partial charge in [-0.15, -0.1) is 0 Å². The number of nitro groups is 1. The van der Waals surface area contributed by atoms with Gasteiger partial charge >= 0.3 is 0 Å². The van der Waals surface area contributed by atoms with Crippen molar-refractivity contribution in [1.29, 1.82) is 0 Å². The fourth-order valence-electron chi connectivity index (χ4n) is 2.40. The van der Waals surface area contributed by atoms with Crippen molar-refractivity contribution < 1.29 is 23.2 Å². The van der Waals surface area contributed by atoms with Crippen molar-refractivity contribution in [2.75, 3.05) is 0 Å². The second kappa shape index (κ2) is 6.88. The van der Waals surface area contributed by atoms with Crippen LogP contribution in [0.2, 0.25) is 0 Å². The number of benzene rings is 2. The smallest absolute Gasteiger partial charge is 0.292 e. The Morgan fingerprint density at radius 3 is 2.59 bits per heavy atom. The van der Waals surface area contributed by atoms with E-state index in [-0.39, 0.29) is 21.7 Å². The molecule has 0 fully saturated rings.